The summed E-state index contributed by atoms with van der Waals surface area (Å²) in [7, 11) is 1.58. The van der Waals surface area contributed by atoms with Gasteiger partial charge in [-0.2, -0.15) is 0 Å². The summed E-state index contributed by atoms with van der Waals surface area (Å²) in [5, 5.41) is 5.46. The van der Waals surface area contributed by atoms with Gasteiger partial charge in [0.05, 0.1) is 18.4 Å². The molecule has 0 aromatic heterocycles. The van der Waals surface area contributed by atoms with Crippen molar-refractivity contribution >= 4 is 23.2 Å². The second-order valence-corrected chi connectivity index (χ2v) is 4.70. The van der Waals surface area contributed by atoms with Crippen LogP contribution in [0.15, 0.2) is 42.5 Å². The zero-order chi connectivity index (χ0) is 15.5. The Labute approximate surface area is 127 Å². The van der Waals surface area contributed by atoms with Crippen molar-refractivity contribution in [3.8, 4) is 11.5 Å². The molecule has 2 amide bonds. The van der Waals surface area contributed by atoms with E-state index in [0.29, 0.717) is 28.4 Å². The Morgan fingerprint density at radius 3 is 2.73 bits per heavy atom. The van der Waals surface area contributed by atoms with E-state index in [1.807, 2.05) is 0 Å². The highest BCUT2D eigenvalue weighted by Crippen LogP contribution is 2.32. The minimum Gasteiger partial charge on any atom is -0.497 e. The van der Waals surface area contributed by atoms with Crippen LogP contribution in [0.25, 0.3) is 0 Å². The molecule has 0 fully saturated rings. The van der Waals surface area contributed by atoms with E-state index in [2.05, 4.69) is 10.6 Å². The Kier molecular flexibility index (Phi) is 3.65. The van der Waals surface area contributed by atoms with Gasteiger partial charge in [0.15, 0.2) is 12.4 Å². The van der Waals surface area contributed by atoms with Crippen LogP contribution in [0.5, 0.6) is 11.5 Å². The van der Waals surface area contributed by atoms with E-state index in [-0.39, 0.29) is 18.4 Å². The van der Waals surface area contributed by atoms with E-state index in [0.717, 1.165) is 0 Å². The highest BCUT2D eigenvalue weighted by molar-refractivity contribution is 6.09. The van der Waals surface area contributed by atoms with Gasteiger partial charge in [0.2, 0.25) is 0 Å². The highest BCUT2D eigenvalue weighted by atomic mass is 16.5. The summed E-state index contributed by atoms with van der Waals surface area (Å²) >= 11 is 0. The van der Waals surface area contributed by atoms with Crippen molar-refractivity contribution in [3.05, 3.63) is 48.0 Å². The van der Waals surface area contributed by atoms with Crippen LogP contribution in [0.3, 0.4) is 0 Å². The molecule has 0 atom stereocenters. The number of amides is 2. The average molecular weight is 298 g/mol. The monoisotopic (exact) mass is 298 g/mol. The van der Waals surface area contributed by atoms with Gasteiger partial charge in [-0.25, -0.2) is 0 Å². The molecule has 1 heterocycles. The van der Waals surface area contributed by atoms with Crippen LogP contribution in [0.2, 0.25) is 0 Å². The van der Waals surface area contributed by atoms with Crippen LogP contribution < -0.4 is 20.1 Å². The molecule has 6 nitrogen and oxygen atoms in total. The van der Waals surface area contributed by atoms with Gasteiger partial charge >= 0.3 is 0 Å². The number of nitrogens with one attached hydrogen (secondary N) is 2. The molecule has 0 spiro atoms. The third kappa shape index (κ3) is 2.71. The van der Waals surface area contributed by atoms with Crippen LogP contribution in [-0.4, -0.2) is 25.5 Å². The minimum absolute atomic E-state index is 0.0974. The number of anilines is 2. The number of hydrogen-bond donors (Lipinski definition) is 2. The molecule has 0 unspecified atom stereocenters. The zero-order valence-electron chi connectivity index (χ0n) is 11.9. The van der Waals surface area contributed by atoms with Crippen LogP contribution in [0.4, 0.5) is 11.4 Å². The smallest absolute Gasteiger partial charge is 0.262 e. The lowest BCUT2D eigenvalue weighted by Gasteiger charge is -2.20. The minimum atomic E-state index is -0.307. The molecule has 6 heteroatoms. The first kappa shape index (κ1) is 13.9. The summed E-state index contributed by atoms with van der Waals surface area (Å²) in [6, 6.07) is 12.0. The molecule has 0 saturated heterocycles. The van der Waals surface area contributed by atoms with E-state index in [9.17, 15) is 9.59 Å². The first-order chi connectivity index (χ1) is 10.7. The van der Waals surface area contributed by atoms with Crippen molar-refractivity contribution in [2.75, 3.05) is 24.4 Å². The Bertz CT molecular complexity index is 725. The van der Waals surface area contributed by atoms with Crippen LogP contribution in [0, 0.1) is 0 Å². The molecule has 0 bridgehead atoms. The molecular formula is C16H14N2O4. The summed E-state index contributed by atoms with van der Waals surface area (Å²) in [6.45, 7) is -0.0974. The van der Waals surface area contributed by atoms with Gasteiger partial charge in [-0.1, -0.05) is 6.07 Å². The summed E-state index contributed by atoms with van der Waals surface area (Å²) in [4.78, 5) is 23.7. The van der Waals surface area contributed by atoms with Gasteiger partial charge in [-0.15, -0.1) is 0 Å². The van der Waals surface area contributed by atoms with Gasteiger partial charge < -0.3 is 20.1 Å². The topological polar surface area (TPSA) is 76.7 Å². The van der Waals surface area contributed by atoms with Crippen molar-refractivity contribution in [2.45, 2.75) is 0 Å². The van der Waals surface area contributed by atoms with Crippen LogP contribution in [0.1, 0.15) is 10.4 Å². The predicted octanol–water partition coefficient (Wildman–Crippen LogP) is 2.28. The molecule has 2 N–H and O–H groups in total. The van der Waals surface area contributed by atoms with Crippen molar-refractivity contribution in [2.24, 2.45) is 0 Å². The fourth-order valence-corrected chi connectivity index (χ4v) is 2.17. The van der Waals surface area contributed by atoms with Crippen LogP contribution in [-0.2, 0) is 4.79 Å². The number of benzene rings is 2. The molecule has 2 aromatic carbocycles. The average Bonchev–Trinajstić information content (AvgIpc) is 2.54. The van der Waals surface area contributed by atoms with Gasteiger partial charge in [-0.3, -0.25) is 9.59 Å². The number of ether oxygens (including phenoxy) is 2. The number of carbonyl (C=O) groups is 2. The third-order valence-corrected chi connectivity index (χ3v) is 3.23. The Morgan fingerprint density at radius 2 is 2.00 bits per heavy atom. The molecule has 2 aromatic rings. The summed E-state index contributed by atoms with van der Waals surface area (Å²) in [5.41, 5.74) is 1.51. The second kappa shape index (κ2) is 5.77. The second-order valence-electron chi connectivity index (χ2n) is 4.70. The predicted molar refractivity (Wildman–Crippen MR) is 81.5 cm³/mol. The maximum Gasteiger partial charge on any atom is 0.262 e. The van der Waals surface area contributed by atoms with Gasteiger partial charge in [0, 0.05) is 5.69 Å². The molecule has 0 radical (unpaired) electrons. The molecule has 1 aliphatic rings. The standard InChI is InChI=1S/C16H14N2O4/c1-21-11-7-5-10(6-8-11)17-16(20)12-3-2-4-13-15(12)22-9-14(19)18-13/h2-8H,9H2,1H3,(H,17,20)(H,18,19). The number of fused-ring (bicyclic) bond motifs is 1. The maximum atomic E-state index is 12.4. The molecule has 0 saturated carbocycles. The summed E-state index contributed by atoms with van der Waals surface area (Å²) in [5.74, 6) is 0.549. The number of hydrogen-bond acceptors (Lipinski definition) is 4. The Hall–Kier alpha value is -3.02. The molecule has 0 aliphatic carbocycles. The van der Waals surface area contributed by atoms with E-state index in [4.69, 9.17) is 9.47 Å². The number of rotatable bonds is 3. The zero-order valence-corrected chi connectivity index (χ0v) is 11.9. The number of carbonyl (C=O) groups excluding carboxylic acids is 2. The first-order valence-electron chi connectivity index (χ1n) is 6.68. The van der Waals surface area contributed by atoms with Crippen molar-refractivity contribution in [1.29, 1.82) is 0 Å². The van der Waals surface area contributed by atoms with Crippen molar-refractivity contribution in [1.82, 2.24) is 0 Å². The van der Waals surface area contributed by atoms with Gasteiger partial charge in [0.25, 0.3) is 11.8 Å². The van der Waals surface area contributed by atoms with Gasteiger partial charge in [-0.05, 0) is 36.4 Å². The SMILES string of the molecule is COc1ccc(NC(=O)c2cccc3c2OCC(=O)N3)cc1. The number of methoxy groups -OCH3 is 1. The van der Waals surface area contributed by atoms with E-state index < -0.39 is 0 Å². The van der Waals surface area contributed by atoms with E-state index in [1.54, 1.807) is 49.6 Å². The number of para-hydroxylation sites is 1. The molecule has 3 rings (SSSR count). The van der Waals surface area contributed by atoms with Crippen LogP contribution >= 0.6 is 0 Å². The Balaban J connectivity index is 1.83. The van der Waals surface area contributed by atoms with E-state index >= 15 is 0 Å². The molecular weight excluding hydrogens is 284 g/mol. The lowest BCUT2D eigenvalue weighted by atomic mass is 10.1. The highest BCUT2D eigenvalue weighted by Gasteiger charge is 2.22. The lowest BCUT2D eigenvalue weighted by molar-refractivity contribution is -0.118. The van der Waals surface area contributed by atoms with E-state index in [1.165, 1.54) is 0 Å². The largest absolute Gasteiger partial charge is 0.497 e. The quantitative estimate of drug-likeness (QED) is 0.911. The van der Waals surface area contributed by atoms with Crippen molar-refractivity contribution in [3.63, 3.8) is 0 Å². The molecule has 1 aliphatic heterocycles. The normalized spacial score (nSPS) is 12.7. The molecule has 112 valence electrons. The first-order valence-corrected chi connectivity index (χ1v) is 6.68. The van der Waals surface area contributed by atoms with Crippen molar-refractivity contribution < 1.29 is 19.1 Å². The lowest BCUT2D eigenvalue weighted by Crippen LogP contribution is -2.27. The fourth-order valence-electron chi connectivity index (χ4n) is 2.17. The summed E-state index contributed by atoms with van der Waals surface area (Å²) < 4.78 is 10.4. The molecule has 22 heavy (non-hydrogen) atoms. The maximum absolute atomic E-state index is 12.4. The summed E-state index contributed by atoms with van der Waals surface area (Å²) in [6.07, 6.45) is 0. The fraction of sp³-hybridized carbons (Fsp3) is 0.125. The van der Waals surface area contributed by atoms with Gasteiger partial charge in [0.1, 0.15) is 5.75 Å². The third-order valence-electron chi connectivity index (χ3n) is 3.23. The Morgan fingerprint density at radius 1 is 1.23 bits per heavy atom.